The van der Waals surface area contributed by atoms with Crippen LogP contribution in [0.1, 0.15) is 25.8 Å². The van der Waals surface area contributed by atoms with Crippen LogP contribution in [0.5, 0.6) is 0 Å². The Morgan fingerprint density at radius 1 is 1.44 bits per heavy atom. The van der Waals surface area contributed by atoms with Crippen LogP contribution >= 0.6 is 15.9 Å². The first kappa shape index (κ1) is 11.9. The molecule has 88 valence electrons. The van der Waals surface area contributed by atoms with Crippen LogP contribution < -0.4 is 10.6 Å². The first-order chi connectivity index (χ1) is 7.40. The molecule has 1 saturated heterocycles. The van der Waals surface area contributed by atoms with E-state index >= 15 is 0 Å². The maximum Gasteiger partial charge on any atom is 0.0374 e. The zero-order valence-corrected chi connectivity index (χ0v) is 11.7. The van der Waals surface area contributed by atoms with Crippen molar-refractivity contribution in [1.82, 2.24) is 0 Å². The lowest BCUT2D eigenvalue weighted by atomic mass is 10.00. The average Bonchev–Trinajstić information content (AvgIpc) is 2.44. The third kappa shape index (κ3) is 2.11. The van der Waals surface area contributed by atoms with Crippen molar-refractivity contribution in [3.05, 3.63) is 28.2 Å². The zero-order chi connectivity index (χ0) is 11.9. The van der Waals surface area contributed by atoms with E-state index in [0.29, 0.717) is 6.04 Å². The van der Waals surface area contributed by atoms with Crippen LogP contribution in [0.4, 0.5) is 5.69 Å². The summed E-state index contributed by atoms with van der Waals surface area (Å²) in [6.07, 6.45) is 1.06. The maximum absolute atomic E-state index is 6.06. The first-order valence-corrected chi connectivity index (χ1v) is 6.49. The van der Waals surface area contributed by atoms with Crippen LogP contribution in [0.15, 0.2) is 22.7 Å². The molecule has 1 aliphatic rings. The smallest absolute Gasteiger partial charge is 0.0374 e. The Balaban J connectivity index is 2.34. The second-order valence-electron chi connectivity index (χ2n) is 5.32. The van der Waals surface area contributed by atoms with Gasteiger partial charge >= 0.3 is 0 Å². The van der Waals surface area contributed by atoms with Crippen molar-refractivity contribution in [3.8, 4) is 0 Å². The molecule has 2 nitrogen and oxygen atoms in total. The minimum atomic E-state index is 0.166. The zero-order valence-electron chi connectivity index (χ0n) is 10.1. The molecule has 1 aromatic carbocycles. The summed E-state index contributed by atoms with van der Waals surface area (Å²) >= 11 is 3.54. The Labute approximate surface area is 106 Å². The van der Waals surface area contributed by atoms with Crippen molar-refractivity contribution in [2.45, 2.75) is 38.8 Å². The second kappa shape index (κ2) is 4.04. The van der Waals surface area contributed by atoms with Gasteiger partial charge in [0.05, 0.1) is 0 Å². The van der Waals surface area contributed by atoms with E-state index in [1.807, 2.05) is 0 Å². The number of aryl methyl sites for hydroxylation is 1. The Morgan fingerprint density at radius 3 is 2.62 bits per heavy atom. The quantitative estimate of drug-likeness (QED) is 0.858. The van der Waals surface area contributed by atoms with E-state index in [9.17, 15) is 0 Å². The lowest BCUT2D eigenvalue weighted by Gasteiger charge is -2.33. The number of halogens is 1. The van der Waals surface area contributed by atoms with Gasteiger partial charge in [0.15, 0.2) is 0 Å². The van der Waals surface area contributed by atoms with Gasteiger partial charge in [0.1, 0.15) is 0 Å². The summed E-state index contributed by atoms with van der Waals surface area (Å²) in [6.45, 7) is 7.60. The largest absolute Gasteiger partial charge is 0.365 e. The van der Waals surface area contributed by atoms with E-state index in [1.54, 1.807) is 0 Å². The summed E-state index contributed by atoms with van der Waals surface area (Å²) in [4.78, 5) is 2.41. The van der Waals surface area contributed by atoms with Crippen molar-refractivity contribution >= 4 is 21.6 Å². The lowest BCUT2D eigenvalue weighted by Crippen LogP contribution is -2.38. The highest BCUT2D eigenvalue weighted by Crippen LogP contribution is 2.34. The summed E-state index contributed by atoms with van der Waals surface area (Å²) in [5.74, 6) is 0. The molecule has 1 unspecified atom stereocenters. The molecule has 0 spiro atoms. The summed E-state index contributed by atoms with van der Waals surface area (Å²) in [5.41, 5.74) is 8.77. The van der Waals surface area contributed by atoms with Crippen molar-refractivity contribution in [2.24, 2.45) is 5.73 Å². The van der Waals surface area contributed by atoms with E-state index < -0.39 is 0 Å². The van der Waals surface area contributed by atoms with E-state index in [-0.39, 0.29) is 5.54 Å². The number of anilines is 1. The highest BCUT2D eigenvalue weighted by Gasteiger charge is 2.36. The van der Waals surface area contributed by atoms with Crippen LogP contribution in [0.3, 0.4) is 0 Å². The van der Waals surface area contributed by atoms with Crippen LogP contribution in [-0.2, 0) is 0 Å². The molecule has 1 aromatic rings. The third-order valence-corrected chi connectivity index (χ3v) is 4.25. The predicted molar refractivity (Wildman–Crippen MR) is 72.9 cm³/mol. The standard InChI is InChI=1S/C13H19BrN2/c1-9-6-11(4-5-12(9)14)16-8-10(15)7-13(16,2)3/h4-6,10H,7-8,15H2,1-3H3. The monoisotopic (exact) mass is 282 g/mol. The average molecular weight is 283 g/mol. The van der Waals surface area contributed by atoms with Gasteiger partial charge in [-0.1, -0.05) is 15.9 Å². The topological polar surface area (TPSA) is 29.3 Å². The Kier molecular flexibility index (Phi) is 3.01. The van der Waals surface area contributed by atoms with Crippen LogP contribution in [0.2, 0.25) is 0 Å². The molecule has 2 rings (SSSR count). The minimum absolute atomic E-state index is 0.166. The van der Waals surface area contributed by atoms with Crippen LogP contribution in [0, 0.1) is 6.92 Å². The molecule has 0 bridgehead atoms. The molecule has 1 fully saturated rings. The molecule has 2 N–H and O–H groups in total. The first-order valence-electron chi connectivity index (χ1n) is 5.69. The van der Waals surface area contributed by atoms with Crippen molar-refractivity contribution in [2.75, 3.05) is 11.4 Å². The van der Waals surface area contributed by atoms with Gasteiger partial charge in [0, 0.05) is 28.3 Å². The fraction of sp³-hybridized carbons (Fsp3) is 0.538. The van der Waals surface area contributed by atoms with Gasteiger partial charge in [0.25, 0.3) is 0 Å². The lowest BCUT2D eigenvalue weighted by molar-refractivity contribution is 0.506. The van der Waals surface area contributed by atoms with E-state index in [2.05, 4.69) is 59.8 Å². The number of benzene rings is 1. The minimum Gasteiger partial charge on any atom is -0.365 e. The Bertz CT molecular complexity index is 401. The number of nitrogens with zero attached hydrogens (tertiary/aromatic N) is 1. The summed E-state index contributed by atoms with van der Waals surface area (Å²) in [5, 5.41) is 0. The van der Waals surface area contributed by atoms with Crippen molar-refractivity contribution in [1.29, 1.82) is 0 Å². The molecule has 0 aliphatic carbocycles. The molecule has 0 aromatic heterocycles. The molecule has 1 heterocycles. The van der Waals surface area contributed by atoms with Gasteiger partial charge in [-0.05, 0) is 51.0 Å². The number of nitrogens with two attached hydrogens (primary N) is 1. The normalized spacial score (nSPS) is 23.8. The van der Waals surface area contributed by atoms with E-state index in [4.69, 9.17) is 5.73 Å². The maximum atomic E-state index is 6.06. The molecule has 1 aliphatic heterocycles. The third-order valence-electron chi connectivity index (χ3n) is 3.36. The van der Waals surface area contributed by atoms with Gasteiger partial charge in [-0.15, -0.1) is 0 Å². The van der Waals surface area contributed by atoms with Crippen LogP contribution in [0.25, 0.3) is 0 Å². The number of rotatable bonds is 1. The van der Waals surface area contributed by atoms with Gasteiger partial charge in [-0.2, -0.15) is 0 Å². The molecule has 3 heteroatoms. The second-order valence-corrected chi connectivity index (χ2v) is 6.18. The molecular formula is C13H19BrN2. The molecule has 16 heavy (non-hydrogen) atoms. The predicted octanol–water partition coefficient (Wildman–Crippen LogP) is 3.07. The number of hydrogen-bond donors (Lipinski definition) is 1. The molecular weight excluding hydrogens is 264 g/mol. The van der Waals surface area contributed by atoms with Gasteiger partial charge in [0.2, 0.25) is 0 Å². The fourth-order valence-electron chi connectivity index (χ4n) is 2.55. The Hall–Kier alpha value is -0.540. The van der Waals surface area contributed by atoms with E-state index in [0.717, 1.165) is 17.4 Å². The summed E-state index contributed by atoms with van der Waals surface area (Å²) < 4.78 is 1.16. The van der Waals surface area contributed by atoms with Gasteiger partial charge < -0.3 is 10.6 Å². The summed E-state index contributed by atoms with van der Waals surface area (Å²) in [6, 6.07) is 6.80. The van der Waals surface area contributed by atoms with E-state index in [1.165, 1.54) is 11.3 Å². The molecule has 0 saturated carbocycles. The molecule has 0 radical (unpaired) electrons. The van der Waals surface area contributed by atoms with Crippen molar-refractivity contribution in [3.63, 3.8) is 0 Å². The fourth-order valence-corrected chi connectivity index (χ4v) is 2.80. The van der Waals surface area contributed by atoms with Gasteiger partial charge in [-0.25, -0.2) is 0 Å². The summed E-state index contributed by atoms with van der Waals surface area (Å²) in [7, 11) is 0. The Morgan fingerprint density at radius 2 is 2.12 bits per heavy atom. The van der Waals surface area contributed by atoms with Gasteiger partial charge in [-0.3, -0.25) is 0 Å². The molecule has 0 amide bonds. The number of hydrogen-bond acceptors (Lipinski definition) is 2. The van der Waals surface area contributed by atoms with Crippen molar-refractivity contribution < 1.29 is 0 Å². The highest BCUT2D eigenvalue weighted by molar-refractivity contribution is 9.10. The highest BCUT2D eigenvalue weighted by atomic mass is 79.9. The van der Waals surface area contributed by atoms with Crippen LogP contribution in [-0.4, -0.2) is 18.1 Å². The molecule has 1 atom stereocenters. The SMILES string of the molecule is Cc1cc(N2CC(N)CC2(C)C)ccc1Br.